The third-order valence-electron chi connectivity index (χ3n) is 2.99. The summed E-state index contributed by atoms with van der Waals surface area (Å²) in [6, 6.07) is 4.38. The summed E-state index contributed by atoms with van der Waals surface area (Å²) in [5.41, 5.74) is 6.88. The minimum atomic E-state index is -0.461. The summed E-state index contributed by atoms with van der Waals surface area (Å²) in [6.45, 7) is 2.13. The third kappa shape index (κ3) is 2.94. The zero-order valence-electron chi connectivity index (χ0n) is 10.9. The van der Waals surface area contributed by atoms with Crippen molar-refractivity contribution in [1.82, 2.24) is 15.0 Å². The van der Waals surface area contributed by atoms with E-state index in [9.17, 15) is 10.1 Å². The molecule has 1 aromatic heterocycles. The topological polar surface area (TPSA) is 99.9 Å². The number of nitrogens with zero attached hydrogens (tertiary/aromatic N) is 4. The van der Waals surface area contributed by atoms with E-state index in [-0.39, 0.29) is 18.3 Å². The molecule has 0 aliphatic heterocycles. The van der Waals surface area contributed by atoms with Crippen LogP contribution < -0.4 is 5.73 Å². The Morgan fingerprint density at radius 1 is 1.55 bits per heavy atom. The van der Waals surface area contributed by atoms with Gasteiger partial charge in [-0.15, -0.1) is 5.10 Å². The molecule has 0 saturated heterocycles. The van der Waals surface area contributed by atoms with Gasteiger partial charge in [0.15, 0.2) is 0 Å². The standard InChI is InChI=1S/C12H14ClN5O2/c1-2-10(14)11-7-17(16-15-11)6-8-9(13)4-3-5-12(8)18(19)20/h3-5,7,10H,2,6,14H2,1H3. The van der Waals surface area contributed by atoms with E-state index in [1.165, 1.54) is 10.7 Å². The van der Waals surface area contributed by atoms with Crippen LogP contribution in [-0.2, 0) is 6.54 Å². The van der Waals surface area contributed by atoms with Crippen LogP contribution in [0.15, 0.2) is 24.4 Å². The second-order valence-electron chi connectivity index (χ2n) is 4.35. The smallest absolute Gasteiger partial charge is 0.275 e. The van der Waals surface area contributed by atoms with Crippen LogP contribution >= 0.6 is 11.6 Å². The van der Waals surface area contributed by atoms with Crippen LogP contribution in [0.3, 0.4) is 0 Å². The molecular formula is C12H14ClN5O2. The zero-order chi connectivity index (χ0) is 14.7. The molecule has 0 aliphatic carbocycles. The van der Waals surface area contributed by atoms with Crippen LogP contribution in [-0.4, -0.2) is 19.9 Å². The Hall–Kier alpha value is -1.99. The first kappa shape index (κ1) is 14.4. The van der Waals surface area contributed by atoms with E-state index in [0.29, 0.717) is 16.3 Å². The highest BCUT2D eigenvalue weighted by Gasteiger charge is 2.18. The van der Waals surface area contributed by atoms with Gasteiger partial charge in [-0.2, -0.15) is 0 Å². The molecule has 0 bridgehead atoms. The molecule has 2 rings (SSSR count). The predicted octanol–water partition coefficient (Wildman–Crippen LogP) is 2.30. The molecule has 1 heterocycles. The van der Waals surface area contributed by atoms with Gasteiger partial charge in [0.1, 0.15) is 0 Å². The normalized spacial score (nSPS) is 12.3. The van der Waals surface area contributed by atoms with E-state index in [2.05, 4.69) is 10.3 Å². The van der Waals surface area contributed by atoms with E-state index >= 15 is 0 Å². The van der Waals surface area contributed by atoms with Gasteiger partial charge in [0.05, 0.1) is 40.0 Å². The van der Waals surface area contributed by atoms with E-state index in [1.807, 2.05) is 6.92 Å². The summed E-state index contributed by atoms with van der Waals surface area (Å²) in [5, 5.41) is 19.2. The van der Waals surface area contributed by atoms with Gasteiger partial charge in [-0.05, 0) is 12.5 Å². The lowest BCUT2D eigenvalue weighted by Crippen LogP contribution is -2.09. The van der Waals surface area contributed by atoms with Crippen molar-refractivity contribution in [3.8, 4) is 0 Å². The van der Waals surface area contributed by atoms with Crippen LogP contribution in [0.25, 0.3) is 0 Å². The minimum absolute atomic E-state index is 0.0330. The van der Waals surface area contributed by atoms with Crippen molar-refractivity contribution >= 4 is 17.3 Å². The van der Waals surface area contributed by atoms with Crippen LogP contribution in [0.4, 0.5) is 5.69 Å². The maximum absolute atomic E-state index is 11.0. The quantitative estimate of drug-likeness (QED) is 0.674. The lowest BCUT2D eigenvalue weighted by Gasteiger charge is -2.05. The Bertz CT molecular complexity index is 628. The summed E-state index contributed by atoms with van der Waals surface area (Å²) in [7, 11) is 0. The lowest BCUT2D eigenvalue weighted by atomic mass is 10.1. The first-order valence-corrected chi connectivity index (χ1v) is 6.48. The molecule has 0 spiro atoms. The van der Waals surface area contributed by atoms with E-state index < -0.39 is 4.92 Å². The lowest BCUT2D eigenvalue weighted by molar-refractivity contribution is -0.385. The molecule has 0 fully saturated rings. The van der Waals surface area contributed by atoms with Gasteiger partial charge in [-0.3, -0.25) is 10.1 Å². The SMILES string of the molecule is CCC(N)c1cn(Cc2c(Cl)cccc2[N+](=O)[O-])nn1. The van der Waals surface area contributed by atoms with Crippen molar-refractivity contribution in [3.05, 3.63) is 50.8 Å². The average Bonchev–Trinajstić information content (AvgIpc) is 2.88. The Morgan fingerprint density at radius 3 is 2.95 bits per heavy atom. The van der Waals surface area contributed by atoms with Crippen molar-refractivity contribution in [1.29, 1.82) is 0 Å². The molecule has 2 aromatic rings. The van der Waals surface area contributed by atoms with Gasteiger partial charge >= 0.3 is 0 Å². The van der Waals surface area contributed by atoms with E-state index in [0.717, 1.165) is 6.42 Å². The Labute approximate surface area is 120 Å². The fourth-order valence-electron chi connectivity index (χ4n) is 1.81. The number of nitro benzene ring substituents is 1. The van der Waals surface area contributed by atoms with Crippen molar-refractivity contribution in [2.24, 2.45) is 5.73 Å². The second kappa shape index (κ2) is 5.98. The summed E-state index contributed by atoms with van der Waals surface area (Å²) in [6.07, 6.45) is 2.42. The molecule has 8 heteroatoms. The van der Waals surface area contributed by atoms with Gasteiger partial charge in [-0.1, -0.05) is 29.8 Å². The van der Waals surface area contributed by atoms with Gasteiger partial charge in [0.2, 0.25) is 0 Å². The second-order valence-corrected chi connectivity index (χ2v) is 4.76. The molecule has 0 aliphatic rings. The molecule has 2 N–H and O–H groups in total. The molecule has 1 atom stereocenters. The van der Waals surface area contributed by atoms with Crippen molar-refractivity contribution < 1.29 is 4.92 Å². The number of halogens is 1. The molecular weight excluding hydrogens is 282 g/mol. The Balaban J connectivity index is 2.30. The number of benzene rings is 1. The molecule has 7 nitrogen and oxygen atoms in total. The van der Waals surface area contributed by atoms with Gasteiger partial charge in [0.25, 0.3) is 5.69 Å². The van der Waals surface area contributed by atoms with Crippen LogP contribution in [0.5, 0.6) is 0 Å². The number of aromatic nitrogens is 3. The number of hydrogen-bond acceptors (Lipinski definition) is 5. The maximum Gasteiger partial charge on any atom is 0.275 e. The monoisotopic (exact) mass is 295 g/mol. The largest absolute Gasteiger partial charge is 0.323 e. The van der Waals surface area contributed by atoms with E-state index in [4.69, 9.17) is 17.3 Å². The average molecular weight is 296 g/mol. The van der Waals surface area contributed by atoms with Gasteiger partial charge in [0, 0.05) is 6.07 Å². The summed E-state index contributed by atoms with van der Waals surface area (Å²) in [4.78, 5) is 10.5. The first-order chi connectivity index (χ1) is 9.52. The molecule has 20 heavy (non-hydrogen) atoms. The highest BCUT2D eigenvalue weighted by atomic mass is 35.5. The Kier molecular flexibility index (Phi) is 4.31. The molecule has 0 radical (unpaired) electrons. The fraction of sp³-hybridized carbons (Fsp3) is 0.333. The van der Waals surface area contributed by atoms with Crippen LogP contribution in [0, 0.1) is 10.1 Å². The highest BCUT2D eigenvalue weighted by molar-refractivity contribution is 6.31. The molecule has 1 unspecified atom stereocenters. The minimum Gasteiger partial charge on any atom is -0.323 e. The first-order valence-electron chi connectivity index (χ1n) is 6.10. The number of nitrogens with two attached hydrogens (primary N) is 1. The number of nitro groups is 1. The molecule has 0 amide bonds. The predicted molar refractivity (Wildman–Crippen MR) is 74.4 cm³/mol. The third-order valence-corrected chi connectivity index (χ3v) is 3.34. The highest BCUT2D eigenvalue weighted by Crippen LogP contribution is 2.27. The van der Waals surface area contributed by atoms with Crippen LogP contribution in [0.1, 0.15) is 30.6 Å². The van der Waals surface area contributed by atoms with E-state index in [1.54, 1.807) is 18.3 Å². The maximum atomic E-state index is 11.0. The van der Waals surface area contributed by atoms with Gasteiger partial charge < -0.3 is 5.73 Å². The zero-order valence-corrected chi connectivity index (χ0v) is 11.6. The molecule has 106 valence electrons. The fourth-order valence-corrected chi connectivity index (χ4v) is 2.04. The van der Waals surface area contributed by atoms with Crippen LogP contribution in [0.2, 0.25) is 5.02 Å². The number of hydrogen-bond donors (Lipinski definition) is 1. The van der Waals surface area contributed by atoms with Gasteiger partial charge in [-0.25, -0.2) is 4.68 Å². The van der Waals surface area contributed by atoms with Crippen molar-refractivity contribution in [3.63, 3.8) is 0 Å². The summed E-state index contributed by atoms with van der Waals surface area (Å²) in [5.74, 6) is 0. The molecule has 0 saturated carbocycles. The summed E-state index contributed by atoms with van der Waals surface area (Å²) < 4.78 is 1.50. The van der Waals surface area contributed by atoms with Crippen molar-refractivity contribution in [2.45, 2.75) is 25.9 Å². The van der Waals surface area contributed by atoms with Crippen molar-refractivity contribution in [2.75, 3.05) is 0 Å². The molecule has 1 aromatic carbocycles. The Morgan fingerprint density at radius 2 is 2.30 bits per heavy atom. The summed E-state index contributed by atoms with van der Waals surface area (Å²) >= 11 is 6.03. The number of rotatable bonds is 5.